The minimum atomic E-state index is 0.130. The van der Waals surface area contributed by atoms with Crippen LogP contribution in [0.5, 0.6) is 0 Å². The first-order valence-electron chi connectivity index (χ1n) is 6.69. The summed E-state index contributed by atoms with van der Waals surface area (Å²) in [6, 6.07) is 0.570. The topological polar surface area (TPSA) is 32.3 Å². The van der Waals surface area contributed by atoms with Crippen LogP contribution in [0.4, 0.5) is 0 Å². The molecule has 1 saturated heterocycles. The highest BCUT2D eigenvalue weighted by Gasteiger charge is 2.38. The van der Waals surface area contributed by atoms with Crippen LogP contribution in [-0.2, 0) is 4.79 Å². The maximum Gasteiger partial charge on any atom is 0.226 e. The van der Waals surface area contributed by atoms with E-state index in [0.717, 1.165) is 19.0 Å². The van der Waals surface area contributed by atoms with Crippen LogP contribution in [0.2, 0.25) is 0 Å². The molecule has 3 nitrogen and oxygen atoms in total. The van der Waals surface area contributed by atoms with Gasteiger partial charge < -0.3 is 10.2 Å². The first kappa shape index (κ1) is 11.9. The van der Waals surface area contributed by atoms with E-state index in [1.54, 1.807) is 0 Å². The zero-order chi connectivity index (χ0) is 11.5. The molecule has 1 N–H and O–H groups in total. The van der Waals surface area contributed by atoms with Gasteiger partial charge in [0, 0.05) is 25.0 Å². The number of carbonyl (C=O) groups is 1. The Morgan fingerprint density at radius 2 is 2.12 bits per heavy atom. The average Bonchev–Trinajstić information content (AvgIpc) is 2.72. The van der Waals surface area contributed by atoms with Crippen LogP contribution in [0.3, 0.4) is 0 Å². The molecule has 0 aromatic heterocycles. The van der Waals surface area contributed by atoms with Gasteiger partial charge in [-0.15, -0.1) is 0 Å². The van der Waals surface area contributed by atoms with Crippen LogP contribution in [0, 0.1) is 11.8 Å². The number of likely N-dealkylation sites (tertiary alicyclic amines) is 1. The Hall–Kier alpha value is -0.570. The van der Waals surface area contributed by atoms with E-state index in [9.17, 15) is 4.79 Å². The van der Waals surface area contributed by atoms with Crippen molar-refractivity contribution in [2.75, 3.05) is 20.1 Å². The van der Waals surface area contributed by atoms with Gasteiger partial charge >= 0.3 is 0 Å². The lowest BCUT2D eigenvalue weighted by atomic mass is 9.85. The monoisotopic (exact) mass is 224 g/mol. The van der Waals surface area contributed by atoms with Crippen LogP contribution in [-0.4, -0.2) is 37.0 Å². The third-order valence-electron chi connectivity index (χ3n) is 4.23. The van der Waals surface area contributed by atoms with Gasteiger partial charge in [0.05, 0.1) is 0 Å². The molecule has 2 rings (SSSR count). The van der Waals surface area contributed by atoms with Crippen molar-refractivity contribution in [3.8, 4) is 0 Å². The van der Waals surface area contributed by atoms with Gasteiger partial charge in [-0.25, -0.2) is 0 Å². The van der Waals surface area contributed by atoms with Crippen molar-refractivity contribution in [1.29, 1.82) is 0 Å². The minimum absolute atomic E-state index is 0.130. The molecule has 1 aliphatic heterocycles. The number of nitrogens with one attached hydrogen (secondary N) is 1. The molecule has 92 valence electrons. The smallest absolute Gasteiger partial charge is 0.226 e. The zero-order valence-electron chi connectivity index (χ0n) is 10.5. The number of nitrogens with zero attached hydrogens (tertiary/aromatic N) is 1. The second-order valence-electron chi connectivity index (χ2n) is 5.39. The Morgan fingerprint density at radius 3 is 2.88 bits per heavy atom. The zero-order valence-corrected chi connectivity index (χ0v) is 10.5. The van der Waals surface area contributed by atoms with E-state index in [-0.39, 0.29) is 5.92 Å². The van der Waals surface area contributed by atoms with Crippen molar-refractivity contribution in [3.05, 3.63) is 0 Å². The van der Waals surface area contributed by atoms with E-state index < -0.39 is 0 Å². The lowest BCUT2D eigenvalue weighted by molar-refractivity contribution is -0.136. The van der Waals surface area contributed by atoms with Crippen LogP contribution >= 0.6 is 0 Å². The van der Waals surface area contributed by atoms with Gasteiger partial charge in [-0.05, 0) is 32.2 Å². The third kappa shape index (κ3) is 2.24. The number of fused-ring (bicyclic) bond motifs is 1. The summed E-state index contributed by atoms with van der Waals surface area (Å²) < 4.78 is 0. The van der Waals surface area contributed by atoms with Crippen molar-refractivity contribution >= 4 is 5.91 Å². The molecule has 0 radical (unpaired) electrons. The van der Waals surface area contributed by atoms with Gasteiger partial charge in [-0.3, -0.25) is 4.79 Å². The SMILES string of the molecule is CNCC(C)C(=O)N1CCC2CCCCC21. The van der Waals surface area contributed by atoms with E-state index in [2.05, 4.69) is 10.2 Å². The number of carbonyl (C=O) groups excluding carboxylic acids is 1. The van der Waals surface area contributed by atoms with Gasteiger partial charge in [0.1, 0.15) is 0 Å². The second kappa shape index (κ2) is 5.17. The molecule has 0 aromatic rings. The Labute approximate surface area is 98.6 Å². The van der Waals surface area contributed by atoms with Crippen LogP contribution < -0.4 is 5.32 Å². The van der Waals surface area contributed by atoms with Crippen LogP contribution in [0.25, 0.3) is 0 Å². The van der Waals surface area contributed by atoms with Crippen LogP contribution in [0.15, 0.2) is 0 Å². The summed E-state index contributed by atoms with van der Waals surface area (Å²) in [5.41, 5.74) is 0. The summed E-state index contributed by atoms with van der Waals surface area (Å²) >= 11 is 0. The van der Waals surface area contributed by atoms with Gasteiger partial charge in [-0.1, -0.05) is 19.8 Å². The lowest BCUT2D eigenvalue weighted by Crippen LogP contribution is -2.43. The molecule has 16 heavy (non-hydrogen) atoms. The van der Waals surface area contributed by atoms with Crippen molar-refractivity contribution in [1.82, 2.24) is 10.2 Å². The standard InChI is InChI=1S/C13H24N2O/c1-10(9-14-2)13(16)15-8-7-11-5-3-4-6-12(11)15/h10-12,14H,3-9H2,1-2H3. The quantitative estimate of drug-likeness (QED) is 0.790. The normalized spacial score (nSPS) is 31.2. The average molecular weight is 224 g/mol. The third-order valence-corrected chi connectivity index (χ3v) is 4.23. The highest BCUT2D eigenvalue weighted by atomic mass is 16.2. The molecule has 0 spiro atoms. The van der Waals surface area contributed by atoms with Crippen LogP contribution in [0.1, 0.15) is 39.0 Å². The molecule has 3 heteroatoms. The van der Waals surface area contributed by atoms with Gasteiger partial charge in [-0.2, -0.15) is 0 Å². The number of hydrogen-bond acceptors (Lipinski definition) is 2. The Kier molecular flexibility index (Phi) is 3.85. The van der Waals surface area contributed by atoms with E-state index >= 15 is 0 Å². The Bertz CT molecular complexity index is 254. The van der Waals surface area contributed by atoms with Crippen molar-refractivity contribution < 1.29 is 4.79 Å². The first-order valence-corrected chi connectivity index (χ1v) is 6.69. The van der Waals surface area contributed by atoms with Crippen molar-refractivity contribution in [2.45, 2.75) is 45.1 Å². The molecule has 3 atom stereocenters. The molecule has 2 aliphatic rings. The predicted octanol–water partition coefficient (Wildman–Crippen LogP) is 1.63. The van der Waals surface area contributed by atoms with E-state index in [1.807, 2.05) is 14.0 Å². The molecule has 1 heterocycles. The largest absolute Gasteiger partial charge is 0.339 e. The van der Waals surface area contributed by atoms with E-state index in [1.165, 1.54) is 32.1 Å². The molecule has 2 fully saturated rings. The molecule has 1 aliphatic carbocycles. The number of hydrogen-bond donors (Lipinski definition) is 1. The summed E-state index contributed by atoms with van der Waals surface area (Å²) in [6.45, 7) is 3.84. The molecular weight excluding hydrogens is 200 g/mol. The van der Waals surface area contributed by atoms with Gasteiger partial charge in [0.2, 0.25) is 5.91 Å². The van der Waals surface area contributed by atoms with E-state index in [0.29, 0.717) is 11.9 Å². The van der Waals surface area contributed by atoms with Crippen molar-refractivity contribution in [2.24, 2.45) is 11.8 Å². The molecule has 0 aromatic carbocycles. The first-order chi connectivity index (χ1) is 7.74. The summed E-state index contributed by atoms with van der Waals surface area (Å²) in [5.74, 6) is 1.30. The fourth-order valence-corrected chi connectivity index (χ4v) is 3.36. The molecule has 3 unspecified atom stereocenters. The molecule has 0 bridgehead atoms. The van der Waals surface area contributed by atoms with E-state index in [4.69, 9.17) is 0 Å². The Balaban J connectivity index is 1.96. The maximum absolute atomic E-state index is 12.3. The summed E-state index contributed by atoms with van der Waals surface area (Å²) in [4.78, 5) is 14.4. The predicted molar refractivity (Wildman–Crippen MR) is 65.2 cm³/mol. The molecular formula is C13H24N2O. The number of rotatable bonds is 3. The highest BCUT2D eigenvalue weighted by Crippen LogP contribution is 2.36. The minimum Gasteiger partial charge on any atom is -0.339 e. The fraction of sp³-hybridized carbons (Fsp3) is 0.923. The Morgan fingerprint density at radius 1 is 1.38 bits per heavy atom. The highest BCUT2D eigenvalue weighted by molar-refractivity contribution is 5.79. The molecule has 1 saturated carbocycles. The summed E-state index contributed by atoms with van der Waals surface area (Å²) in [5, 5.41) is 3.10. The van der Waals surface area contributed by atoms with Crippen molar-refractivity contribution in [3.63, 3.8) is 0 Å². The maximum atomic E-state index is 12.3. The van der Waals surface area contributed by atoms with Gasteiger partial charge in [0.15, 0.2) is 0 Å². The summed E-state index contributed by atoms with van der Waals surface area (Å²) in [7, 11) is 1.91. The number of amides is 1. The molecule has 1 amide bonds. The second-order valence-corrected chi connectivity index (χ2v) is 5.39. The summed E-state index contributed by atoms with van der Waals surface area (Å²) in [6.07, 6.45) is 6.50. The lowest BCUT2D eigenvalue weighted by Gasteiger charge is -2.33. The van der Waals surface area contributed by atoms with Gasteiger partial charge in [0.25, 0.3) is 0 Å². The fourth-order valence-electron chi connectivity index (χ4n) is 3.36.